The van der Waals surface area contributed by atoms with E-state index in [0.29, 0.717) is 18.6 Å². The van der Waals surface area contributed by atoms with Crippen LogP contribution in [0.2, 0.25) is 0 Å². The number of urea groups is 1. The molecule has 0 radical (unpaired) electrons. The lowest BCUT2D eigenvalue weighted by Crippen LogP contribution is -2.51. The summed E-state index contributed by atoms with van der Waals surface area (Å²) in [5.74, 6) is 0. The largest absolute Gasteiger partial charge is 0.366 e. The maximum Gasteiger partial charge on any atom is 0.317 e. The molecule has 1 aromatic carbocycles. The third kappa shape index (κ3) is 4.99. The van der Waals surface area contributed by atoms with Gasteiger partial charge in [0.25, 0.3) is 0 Å². The Morgan fingerprint density at radius 3 is 2.57 bits per heavy atom. The van der Waals surface area contributed by atoms with Crippen molar-refractivity contribution >= 4 is 17.2 Å². The Labute approximate surface area is 207 Å². The molecule has 0 aliphatic carbocycles. The highest BCUT2D eigenvalue weighted by molar-refractivity contribution is 5.80. The number of aromatic nitrogens is 2. The SMILES string of the molecule is CCNC(=O)N1CCN(c2ccnn3cc(-c4ccc(C5CN(C(C)C)CCN5)cc4)cc23)CC1. The second-order valence-electron chi connectivity index (χ2n) is 9.80. The topological polar surface area (TPSA) is 68.2 Å². The molecule has 2 N–H and O–H groups in total. The quantitative estimate of drug-likeness (QED) is 0.593. The summed E-state index contributed by atoms with van der Waals surface area (Å²) in [7, 11) is 0. The second-order valence-corrected chi connectivity index (χ2v) is 9.80. The molecule has 2 saturated heterocycles. The molecule has 35 heavy (non-hydrogen) atoms. The van der Waals surface area contributed by atoms with Crippen LogP contribution < -0.4 is 15.5 Å². The summed E-state index contributed by atoms with van der Waals surface area (Å²) in [6, 6.07) is 14.3. The number of hydrogen-bond acceptors (Lipinski definition) is 5. The first-order chi connectivity index (χ1) is 17.0. The fourth-order valence-corrected chi connectivity index (χ4v) is 5.21. The van der Waals surface area contributed by atoms with Crippen molar-refractivity contribution in [2.45, 2.75) is 32.9 Å². The molecule has 0 spiro atoms. The van der Waals surface area contributed by atoms with Crippen molar-refractivity contribution in [3.05, 3.63) is 54.4 Å². The molecule has 8 nitrogen and oxygen atoms in total. The average molecular weight is 476 g/mol. The van der Waals surface area contributed by atoms with E-state index in [1.165, 1.54) is 16.8 Å². The predicted octanol–water partition coefficient (Wildman–Crippen LogP) is 3.21. The summed E-state index contributed by atoms with van der Waals surface area (Å²) < 4.78 is 1.97. The van der Waals surface area contributed by atoms with Crippen LogP contribution in [0.25, 0.3) is 16.6 Å². The van der Waals surface area contributed by atoms with Crippen LogP contribution in [0, 0.1) is 0 Å². The number of carbonyl (C=O) groups excluding carboxylic acids is 1. The van der Waals surface area contributed by atoms with Crippen molar-refractivity contribution in [2.75, 3.05) is 57.3 Å². The van der Waals surface area contributed by atoms with Crippen molar-refractivity contribution < 1.29 is 4.79 Å². The lowest BCUT2D eigenvalue weighted by Gasteiger charge is -2.36. The van der Waals surface area contributed by atoms with Crippen LogP contribution in [0.5, 0.6) is 0 Å². The summed E-state index contributed by atoms with van der Waals surface area (Å²) in [6.45, 7) is 13.4. The molecule has 3 aromatic rings. The molecule has 2 amide bonds. The normalized spacial score (nSPS) is 19.5. The monoisotopic (exact) mass is 475 g/mol. The van der Waals surface area contributed by atoms with Crippen LogP contribution in [0.1, 0.15) is 32.4 Å². The zero-order valence-electron chi connectivity index (χ0n) is 21.1. The summed E-state index contributed by atoms with van der Waals surface area (Å²) in [4.78, 5) is 19.0. The number of carbonyl (C=O) groups is 1. The first kappa shape index (κ1) is 23.6. The van der Waals surface area contributed by atoms with Gasteiger partial charge in [0.15, 0.2) is 0 Å². The van der Waals surface area contributed by atoms with Gasteiger partial charge in [-0.2, -0.15) is 5.10 Å². The summed E-state index contributed by atoms with van der Waals surface area (Å²) in [5.41, 5.74) is 5.96. The zero-order chi connectivity index (χ0) is 24.4. The first-order valence-electron chi connectivity index (χ1n) is 12.9. The van der Waals surface area contributed by atoms with E-state index in [2.05, 4.69) is 82.0 Å². The summed E-state index contributed by atoms with van der Waals surface area (Å²) >= 11 is 0. The standard InChI is InChI=1S/C27H37N7O/c1-4-28-27(35)32-15-13-31(14-16-32)25-9-10-30-34-18-23(17-26(25)34)21-5-7-22(8-6-21)24-19-33(20(2)3)12-11-29-24/h5-10,17-18,20,24,29H,4,11-16,19H2,1-3H3,(H,28,35). The van der Waals surface area contributed by atoms with Gasteiger partial charge in [0.2, 0.25) is 0 Å². The van der Waals surface area contributed by atoms with E-state index in [9.17, 15) is 4.79 Å². The molecule has 0 saturated carbocycles. The van der Waals surface area contributed by atoms with Crippen LogP contribution >= 0.6 is 0 Å². The molecule has 8 heteroatoms. The molecule has 1 unspecified atom stereocenters. The Hall–Kier alpha value is -3.10. The third-order valence-corrected chi connectivity index (χ3v) is 7.31. The van der Waals surface area contributed by atoms with Gasteiger partial charge in [-0.3, -0.25) is 4.90 Å². The minimum atomic E-state index is 0.0285. The van der Waals surface area contributed by atoms with Gasteiger partial charge < -0.3 is 20.4 Å². The lowest BCUT2D eigenvalue weighted by molar-refractivity contribution is 0.162. The summed E-state index contributed by atoms with van der Waals surface area (Å²) in [6.07, 6.45) is 3.97. The average Bonchev–Trinajstić information content (AvgIpc) is 3.34. The Morgan fingerprint density at radius 1 is 1.09 bits per heavy atom. The van der Waals surface area contributed by atoms with Gasteiger partial charge in [0, 0.05) is 82.4 Å². The number of anilines is 1. The highest BCUT2D eigenvalue weighted by Crippen LogP contribution is 2.30. The van der Waals surface area contributed by atoms with Crippen LogP contribution in [0.4, 0.5) is 10.5 Å². The minimum absolute atomic E-state index is 0.0285. The van der Waals surface area contributed by atoms with Crippen molar-refractivity contribution in [3.63, 3.8) is 0 Å². The Balaban J connectivity index is 1.32. The Kier molecular flexibility index (Phi) is 6.92. The molecule has 2 aromatic heterocycles. The maximum atomic E-state index is 12.2. The van der Waals surface area contributed by atoms with Gasteiger partial charge in [-0.05, 0) is 44.0 Å². The molecule has 186 valence electrons. The van der Waals surface area contributed by atoms with Crippen LogP contribution in [0.3, 0.4) is 0 Å². The molecule has 2 fully saturated rings. The second kappa shape index (κ2) is 10.3. The van der Waals surface area contributed by atoms with E-state index in [-0.39, 0.29) is 6.03 Å². The highest BCUT2D eigenvalue weighted by Gasteiger charge is 2.24. The van der Waals surface area contributed by atoms with Crippen LogP contribution in [-0.2, 0) is 0 Å². The van der Waals surface area contributed by atoms with Crippen molar-refractivity contribution in [2.24, 2.45) is 0 Å². The van der Waals surface area contributed by atoms with E-state index < -0.39 is 0 Å². The first-order valence-corrected chi connectivity index (χ1v) is 12.9. The smallest absolute Gasteiger partial charge is 0.317 e. The van der Waals surface area contributed by atoms with Gasteiger partial charge >= 0.3 is 6.03 Å². The minimum Gasteiger partial charge on any atom is -0.366 e. The molecule has 0 bridgehead atoms. The van der Waals surface area contributed by atoms with Gasteiger partial charge in [0.1, 0.15) is 0 Å². The molecule has 5 rings (SSSR count). The van der Waals surface area contributed by atoms with E-state index in [1.54, 1.807) is 0 Å². The molecular weight excluding hydrogens is 438 g/mol. The molecule has 4 heterocycles. The number of hydrogen-bond donors (Lipinski definition) is 2. The number of piperazine rings is 2. The van der Waals surface area contributed by atoms with E-state index >= 15 is 0 Å². The number of benzene rings is 1. The zero-order valence-corrected chi connectivity index (χ0v) is 21.1. The van der Waals surface area contributed by atoms with Gasteiger partial charge in [-0.15, -0.1) is 0 Å². The summed E-state index contributed by atoms with van der Waals surface area (Å²) in [5, 5.41) is 11.1. The van der Waals surface area contributed by atoms with Gasteiger partial charge in [-0.1, -0.05) is 24.3 Å². The number of amides is 2. The highest BCUT2D eigenvalue weighted by atomic mass is 16.2. The third-order valence-electron chi connectivity index (χ3n) is 7.31. The van der Waals surface area contributed by atoms with E-state index in [1.807, 2.05) is 22.5 Å². The fourth-order valence-electron chi connectivity index (χ4n) is 5.21. The van der Waals surface area contributed by atoms with Crippen molar-refractivity contribution in [1.29, 1.82) is 0 Å². The molecule has 1 atom stereocenters. The van der Waals surface area contributed by atoms with E-state index in [0.717, 1.165) is 56.9 Å². The molecule has 2 aliphatic rings. The Morgan fingerprint density at radius 2 is 1.86 bits per heavy atom. The number of rotatable bonds is 5. The Bertz CT molecular complexity index is 1150. The number of nitrogens with zero attached hydrogens (tertiary/aromatic N) is 5. The fraction of sp³-hybridized carbons (Fsp3) is 0.481. The van der Waals surface area contributed by atoms with E-state index in [4.69, 9.17) is 0 Å². The lowest BCUT2D eigenvalue weighted by atomic mass is 10.00. The van der Waals surface area contributed by atoms with Crippen LogP contribution in [0.15, 0.2) is 48.8 Å². The predicted molar refractivity (Wildman–Crippen MR) is 141 cm³/mol. The van der Waals surface area contributed by atoms with Crippen molar-refractivity contribution in [1.82, 2.24) is 30.0 Å². The molecule has 2 aliphatic heterocycles. The number of fused-ring (bicyclic) bond motifs is 1. The molecular formula is C27H37N7O. The van der Waals surface area contributed by atoms with Crippen molar-refractivity contribution in [3.8, 4) is 11.1 Å². The van der Waals surface area contributed by atoms with Crippen LogP contribution in [-0.4, -0.2) is 83.8 Å². The maximum absolute atomic E-state index is 12.2. The number of nitrogens with one attached hydrogen (secondary N) is 2. The van der Waals surface area contributed by atoms with Gasteiger partial charge in [-0.25, -0.2) is 9.31 Å². The van der Waals surface area contributed by atoms with Gasteiger partial charge in [0.05, 0.1) is 11.2 Å².